The summed E-state index contributed by atoms with van der Waals surface area (Å²) in [4.78, 5) is 17.1. The second-order valence-corrected chi connectivity index (χ2v) is 6.69. The van der Waals surface area contributed by atoms with Gasteiger partial charge in [-0.05, 0) is 20.3 Å². The zero-order valence-electron chi connectivity index (χ0n) is 14.7. The van der Waals surface area contributed by atoms with Crippen molar-refractivity contribution in [1.29, 1.82) is 0 Å². The van der Waals surface area contributed by atoms with E-state index < -0.39 is 0 Å². The van der Waals surface area contributed by atoms with Gasteiger partial charge in [-0.15, -0.1) is 0 Å². The maximum atomic E-state index is 12.8. The lowest BCUT2D eigenvalue weighted by Crippen LogP contribution is -2.46. The highest BCUT2D eigenvalue weighted by Crippen LogP contribution is 2.14. The number of hydrogen-bond donors (Lipinski definition) is 1. The largest absolute Gasteiger partial charge is 0.379 e. The lowest BCUT2D eigenvalue weighted by Gasteiger charge is -2.31. The Balaban J connectivity index is 1.58. The van der Waals surface area contributed by atoms with Gasteiger partial charge in [0.1, 0.15) is 0 Å². The van der Waals surface area contributed by atoms with Crippen LogP contribution in [0.2, 0.25) is 0 Å². The SMILES string of the molecule is Cc1n[nH]c(C)c1CC(=O)N1CCCOC(CN2CCOCC2)C1. The molecule has 0 radical (unpaired) electrons. The number of nitrogens with one attached hydrogen (secondary N) is 1. The molecule has 1 aromatic heterocycles. The minimum absolute atomic E-state index is 0.0843. The molecule has 7 nitrogen and oxygen atoms in total. The van der Waals surface area contributed by atoms with Crippen LogP contribution in [0.1, 0.15) is 23.4 Å². The van der Waals surface area contributed by atoms with Crippen molar-refractivity contribution in [3.63, 3.8) is 0 Å². The molecule has 134 valence electrons. The standard InChI is InChI=1S/C17H28N4O3/c1-13-16(14(2)19-18-13)10-17(22)21-4-3-7-24-15(12-21)11-20-5-8-23-9-6-20/h15H,3-12H2,1-2H3,(H,18,19). The second kappa shape index (κ2) is 8.09. The van der Waals surface area contributed by atoms with Crippen molar-refractivity contribution < 1.29 is 14.3 Å². The Hall–Kier alpha value is -1.44. The van der Waals surface area contributed by atoms with Crippen molar-refractivity contribution in [3.05, 3.63) is 17.0 Å². The molecule has 0 aromatic carbocycles. The number of aromatic nitrogens is 2. The lowest BCUT2D eigenvalue weighted by molar-refractivity contribution is -0.131. The average molecular weight is 336 g/mol. The van der Waals surface area contributed by atoms with Crippen LogP contribution in [0.5, 0.6) is 0 Å². The summed E-state index contributed by atoms with van der Waals surface area (Å²) in [5.74, 6) is 0.167. The highest BCUT2D eigenvalue weighted by molar-refractivity contribution is 5.79. The highest BCUT2D eigenvalue weighted by Gasteiger charge is 2.26. The third kappa shape index (κ3) is 4.34. The Morgan fingerprint density at radius 3 is 2.75 bits per heavy atom. The van der Waals surface area contributed by atoms with E-state index in [4.69, 9.17) is 9.47 Å². The predicted octanol–water partition coefficient (Wildman–Crippen LogP) is 0.519. The van der Waals surface area contributed by atoms with Gasteiger partial charge >= 0.3 is 0 Å². The fourth-order valence-corrected chi connectivity index (χ4v) is 3.40. The first-order chi connectivity index (χ1) is 11.6. The van der Waals surface area contributed by atoms with Crippen molar-refractivity contribution >= 4 is 5.91 Å². The average Bonchev–Trinajstić information content (AvgIpc) is 2.79. The normalized spacial score (nSPS) is 23.2. The van der Waals surface area contributed by atoms with Gasteiger partial charge in [-0.25, -0.2) is 0 Å². The van der Waals surface area contributed by atoms with Crippen LogP contribution in [0.15, 0.2) is 0 Å². The monoisotopic (exact) mass is 336 g/mol. The first kappa shape index (κ1) is 17.4. The van der Waals surface area contributed by atoms with E-state index in [0.29, 0.717) is 13.0 Å². The molecule has 1 aromatic rings. The van der Waals surface area contributed by atoms with E-state index in [1.54, 1.807) is 0 Å². The van der Waals surface area contributed by atoms with E-state index >= 15 is 0 Å². The van der Waals surface area contributed by atoms with E-state index in [-0.39, 0.29) is 12.0 Å². The minimum Gasteiger partial charge on any atom is -0.379 e. The summed E-state index contributed by atoms with van der Waals surface area (Å²) in [5, 5.41) is 7.14. The first-order valence-electron chi connectivity index (χ1n) is 8.83. The molecule has 24 heavy (non-hydrogen) atoms. The highest BCUT2D eigenvalue weighted by atomic mass is 16.5. The van der Waals surface area contributed by atoms with Crippen LogP contribution in [-0.4, -0.2) is 84.6 Å². The number of nitrogens with zero attached hydrogens (tertiary/aromatic N) is 3. The molecule has 0 saturated carbocycles. The number of carbonyl (C=O) groups excluding carboxylic acids is 1. The third-order valence-corrected chi connectivity index (χ3v) is 4.88. The van der Waals surface area contributed by atoms with Crippen molar-refractivity contribution in [2.24, 2.45) is 0 Å². The Kier molecular flexibility index (Phi) is 5.86. The topological polar surface area (TPSA) is 70.7 Å². The third-order valence-electron chi connectivity index (χ3n) is 4.88. The number of aryl methyl sites for hydroxylation is 2. The quantitative estimate of drug-likeness (QED) is 0.868. The molecule has 2 aliphatic rings. The van der Waals surface area contributed by atoms with E-state index in [1.807, 2.05) is 18.7 Å². The number of amides is 1. The molecular formula is C17H28N4O3. The van der Waals surface area contributed by atoms with Crippen molar-refractivity contribution in [3.8, 4) is 0 Å². The minimum atomic E-state index is 0.0843. The Bertz CT molecular complexity index is 535. The summed E-state index contributed by atoms with van der Waals surface area (Å²) < 4.78 is 11.4. The zero-order valence-corrected chi connectivity index (χ0v) is 14.7. The van der Waals surface area contributed by atoms with Crippen LogP contribution < -0.4 is 0 Å². The maximum Gasteiger partial charge on any atom is 0.227 e. The van der Waals surface area contributed by atoms with Gasteiger partial charge in [0.15, 0.2) is 0 Å². The van der Waals surface area contributed by atoms with E-state index in [1.165, 1.54) is 0 Å². The molecular weight excluding hydrogens is 308 g/mol. The number of hydrogen-bond acceptors (Lipinski definition) is 5. The van der Waals surface area contributed by atoms with Gasteiger partial charge in [0.2, 0.25) is 5.91 Å². The number of carbonyl (C=O) groups is 1. The van der Waals surface area contributed by atoms with E-state index in [2.05, 4.69) is 15.1 Å². The predicted molar refractivity (Wildman–Crippen MR) is 90.0 cm³/mol. The van der Waals surface area contributed by atoms with Crippen molar-refractivity contribution in [1.82, 2.24) is 20.0 Å². The van der Waals surface area contributed by atoms with Gasteiger partial charge in [-0.2, -0.15) is 5.10 Å². The summed E-state index contributed by atoms with van der Waals surface area (Å²) in [5.41, 5.74) is 2.92. The van der Waals surface area contributed by atoms with Crippen LogP contribution >= 0.6 is 0 Å². The number of aromatic amines is 1. The molecule has 0 aliphatic carbocycles. The van der Waals surface area contributed by atoms with Crippen LogP contribution in [0, 0.1) is 13.8 Å². The smallest absolute Gasteiger partial charge is 0.227 e. The molecule has 1 unspecified atom stereocenters. The molecule has 2 fully saturated rings. The molecule has 3 rings (SSSR count). The Labute approximate surface area is 143 Å². The van der Waals surface area contributed by atoms with Crippen LogP contribution in [0.25, 0.3) is 0 Å². The Morgan fingerprint density at radius 1 is 1.25 bits per heavy atom. The van der Waals surface area contributed by atoms with Crippen LogP contribution in [0.3, 0.4) is 0 Å². The van der Waals surface area contributed by atoms with Gasteiger partial charge in [-0.3, -0.25) is 14.8 Å². The molecule has 3 heterocycles. The number of ether oxygens (including phenoxy) is 2. The summed E-state index contributed by atoms with van der Waals surface area (Å²) in [6.45, 7) is 10.4. The molecule has 7 heteroatoms. The zero-order chi connectivity index (χ0) is 16.9. The fourth-order valence-electron chi connectivity index (χ4n) is 3.40. The summed E-state index contributed by atoms with van der Waals surface area (Å²) in [7, 11) is 0. The fraction of sp³-hybridized carbons (Fsp3) is 0.765. The van der Waals surface area contributed by atoms with Gasteiger partial charge in [-0.1, -0.05) is 0 Å². The summed E-state index contributed by atoms with van der Waals surface area (Å²) in [6.07, 6.45) is 1.40. The number of morpholine rings is 1. The van der Waals surface area contributed by atoms with Crippen LogP contribution in [0.4, 0.5) is 0 Å². The van der Waals surface area contributed by atoms with Gasteiger partial charge in [0, 0.05) is 50.6 Å². The molecule has 2 aliphatic heterocycles. The molecule has 1 N–H and O–H groups in total. The molecule has 0 spiro atoms. The second-order valence-electron chi connectivity index (χ2n) is 6.69. The Morgan fingerprint density at radius 2 is 2.04 bits per heavy atom. The summed E-state index contributed by atoms with van der Waals surface area (Å²) >= 11 is 0. The van der Waals surface area contributed by atoms with Crippen molar-refractivity contribution in [2.75, 3.05) is 52.5 Å². The van der Waals surface area contributed by atoms with Gasteiger partial charge in [0.05, 0.1) is 31.4 Å². The van der Waals surface area contributed by atoms with Gasteiger partial charge in [0.25, 0.3) is 0 Å². The van der Waals surface area contributed by atoms with Gasteiger partial charge < -0.3 is 14.4 Å². The van der Waals surface area contributed by atoms with E-state index in [9.17, 15) is 4.79 Å². The van der Waals surface area contributed by atoms with E-state index in [0.717, 1.165) is 69.4 Å². The lowest BCUT2D eigenvalue weighted by atomic mass is 10.1. The number of rotatable bonds is 4. The van der Waals surface area contributed by atoms with Crippen molar-refractivity contribution in [2.45, 2.75) is 32.8 Å². The van der Waals surface area contributed by atoms with Crippen LogP contribution in [-0.2, 0) is 20.7 Å². The number of H-pyrrole nitrogens is 1. The molecule has 1 atom stereocenters. The molecule has 2 saturated heterocycles. The first-order valence-corrected chi connectivity index (χ1v) is 8.83. The maximum absolute atomic E-state index is 12.8. The molecule has 1 amide bonds. The summed E-state index contributed by atoms with van der Waals surface area (Å²) in [6, 6.07) is 0. The molecule has 0 bridgehead atoms.